The van der Waals surface area contributed by atoms with Crippen LogP contribution in [0, 0.1) is 5.92 Å². The summed E-state index contributed by atoms with van der Waals surface area (Å²) in [5.41, 5.74) is 15.1. The Kier molecular flexibility index (Phi) is 6.55. The van der Waals surface area contributed by atoms with Crippen molar-refractivity contribution in [1.82, 2.24) is 5.43 Å². The van der Waals surface area contributed by atoms with Crippen molar-refractivity contribution in [1.29, 1.82) is 0 Å². The number of hydrazine groups is 1. The third kappa shape index (κ3) is 4.83. The van der Waals surface area contributed by atoms with Gasteiger partial charge in [-0.05, 0) is 38.3 Å². The Morgan fingerprint density at radius 3 is 2.00 bits per heavy atom. The predicted octanol–water partition coefficient (Wildman–Crippen LogP) is 4.72. The molecule has 3 rings (SSSR count). The molecule has 0 bridgehead atoms. The number of hydrogen-bond donors (Lipinski definition) is 3. The fourth-order valence-electron chi connectivity index (χ4n) is 3.13. The molecule has 0 amide bonds. The van der Waals surface area contributed by atoms with E-state index in [0.29, 0.717) is 5.70 Å². The quantitative estimate of drug-likeness (QED) is 0.505. The zero-order valence-corrected chi connectivity index (χ0v) is 17.5. The van der Waals surface area contributed by atoms with Crippen molar-refractivity contribution in [3.63, 3.8) is 0 Å². The van der Waals surface area contributed by atoms with Crippen LogP contribution >= 0.6 is 0 Å². The zero-order chi connectivity index (χ0) is 20.2. The maximum Gasteiger partial charge on any atom is 0.0816 e. The Morgan fingerprint density at radius 1 is 0.926 bits per heavy atom. The standard InChI is InChI=1S/C19H24N4.C4H10/c1-19(2,3)23-12-13-8-4-5-9-14(13)17(20)18(22-21)15-10-6-7-11-16(15)23;1-4(2)3/h4-11,22H,12,20-21H2,1-3H3;4H,1-3H3/b18-17-;. The van der Waals surface area contributed by atoms with Crippen LogP contribution in [0.5, 0.6) is 0 Å². The van der Waals surface area contributed by atoms with E-state index in [9.17, 15) is 0 Å². The minimum Gasteiger partial charge on any atom is -0.396 e. The molecule has 4 heteroatoms. The lowest BCUT2D eigenvalue weighted by molar-refractivity contribution is 0.500. The monoisotopic (exact) mass is 366 g/mol. The first-order valence-electron chi connectivity index (χ1n) is 9.58. The van der Waals surface area contributed by atoms with Crippen LogP contribution in [0.25, 0.3) is 11.4 Å². The summed E-state index contributed by atoms with van der Waals surface area (Å²) in [6.07, 6.45) is 0. The third-order valence-electron chi connectivity index (χ3n) is 4.32. The van der Waals surface area contributed by atoms with Crippen molar-refractivity contribution in [3.8, 4) is 0 Å². The molecule has 0 fully saturated rings. The van der Waals surface area contributed by atoms with Crippen molar-refractivity contribution in [2.45, 2.75) is 53.6 Å². The molecule has 1 heterocycles. The molecule has 0 spiro atoms. The number of anilines is 1. The summed E-state index contributed by atoms with van der Waals surface area (Å²) in [4.78, 5) is 2.39. The van der Waals surface area contributed by atoms with E-state index >= 15 is 0 Å². The van der Waals surface area contributed by atoms with Crippen LogP contribution in [0.1, 0.15) is 58.2 Å². The molecule has 0 aliphatic carbocycles. The van der Waals surface area contributed by atoms with E-state index in [4.69, 9.17) is 11.6 Å². The van der Waals surface area contributed by atoms with Crippen LogP contribution in [0.15, 0.2) is 48.5 Å². The molecule has 1 aliphatic heterocycles. The highest BCUT2D eigenvalue weighted by molar-refractivity contribution is 5.93. The van der Waals surface area contributed by atoms with Crippen molar-refractivity contribution in [3.05, 3.63) is 65.2 Å². The molecule has 2 aromatic rings. The molecular weight excluding hydrogens is 332 g/mol. The van der Waals surface area contributed by atoms with Gasteiger partial charge in [0.05, 0.1) is 11.4 Å². The zero-order valence-electron chi connectivity index (χ0n) is 17.5. The summed E-state index contributed by atoms with van der Waals surface area (Å²) in [6.45, 7) is 14.0. The van der Waals surface area contributed by atoms with Gasteiger partial charge in [-0.25, -0.2) is 0 Å². The van der Waals surface area contributed by atoms with Gasteiger partial charge in [0.2, 0.25) is 0 Å². The number of nitrogens with zero attached hydrogens (tertiary/aromatic N) is 1. The average molecular weight is 367 g/mol. The first-order chi connectivity index (χ1) is 12.7. The van der Waals surface area contributed by atoms with Gasteiger partial charge in [-0.3, -0.25) is 5.84 Å². The average Bonchev–Trinajstić information content (AvgIpc) is 2.58. The molecular formula is C23H34N4. The van der Waals surface area contributed by atoms with Crippen molar-refractivity contribution >= 4 is 17.1 Å². The molecule has 0 unspecified atom stereocenters. The SMILES string of the molecule is CC(C)(C)N1Cc2ccccc2/C(N)=C(/NN)c2ccccc21.CC(C)C. The second-order valence-corrected chi connectivity index (χ2v) is 8.60. The van der Waals surface area contributed by atoms with Gasteiger partial charge in [-0.2, -0.15) is 0 Å². The summed E-state index contributed by atoms with van der Waals surface area (Å²) in [5.74, 6) is 6.67. The molecule has 0 aromatic heterocycles. The van der Waals surface area contributed by atoms with Crippen LogP contribution in [0.2, 0.25) is 0 Å². The topological polar surface area (TPSA) is 67.3 Å². The van der Waals surface area contributed by atoms with Gasteiger partial charge in [-0.1, -0.05) is 63.2 Å². The summed E-state index contributed by atoms with van der Waals surface area (Å²) in [6, 6.07) is 16.5. The number of fused-ring (bicyclic) bond motifs is 2. The molecule has 0 radical (unpaired) electrons. The molecule has 5 N–H and O–H groups in total. The van der Waals surface area contributed by atoms with E-state index in [1.807, 2.05) is 12.1 Å². The van der Waals surface area contributed by atoms with E-state index in [0.717, 1.165) is 35.0 Å². The molecule has 0 saturated carbocycles. The number of para-hydroxylation sites is 1. The molecule has 0 saturated heterocycles. The smallest absolute Gasteiger partial charge is 0.0816 e. The second-order valence-electron chi connectivity index (χ2n) is 8.60. The fourth-order valence-corrected chi connectivity index (χ4v) is 3.13. The van der Waals surface area contributed by atoms with Crippen molar-refractivity contribution in [2.24, 2.45) is 17.5 Å². The highest BCUT2D eigenvalue weighted by Crippen LogP contribution is 2.37. The minimum absolute atomic E-state index is 0.0327. The van der Waals surface area contributed by atoms with Crippen LogP contribution in [0.4, 0.5) is 5.69 Å². The maximum absolute atomic E-state index is 6.46. The number of hydrogen-bond acceptors (Lipinski definition) is 4. The van der Waals surface area contributed by atoms with Crippen LogP contribution in [-0.4, -0.2) is 5.54 Å². The van der Waals surface area contributed by atoms with E-state index in [2.05, 4.69) is 88.3 Å². The molecule has 4 nitrogen and oxygen atoms in total. The third-order valence-corrected chi connectivity index (χ3v) is 4.32. The second kappa shape index (κ2) is 8.49. The summed E-state index contributed by atoms with van der Waals surface area (Å²) < 4.78 is 0. The maximum atomic E-state index is 6.46. The summed E-state index contributed by atoms with van der Waals surface area (Å²) in [5, 5.41) is 0. The van der Waals surface area contributed by atoms with Crippen LogP contribution < -0.4 is 21.9 Å². The highest BCUT2D eigenvalue weighted by Gasteiger charge is 2.28. The lowest BCUT2D eigenvalue weighted by Crippen LogP contribution is -2.42. The van der Waals surface area contributed by atoms with Gasteiger partial charge in [0.25, 0.3) is 0 Å². The van der Waals surface area contributed by atoms with Crippen LogP contribution in [-0.2, 0) is 6.54 Å². The number of rotatable bonds is 1. The largest absolute Gasteiger partial charge is 0.396 e. The summed E-state index contributed by atoms with van der Waals surface area (Å²) >= 11 is 0. The van der Waals surface area contributed by atoms with Gasteiger partial charge >= 0.3 is 0 Å². The molecule has 27 heavy (non-hydrogen) atoms. The Labute approximate surface area is 164 Å². The Hall–Kier alpha value is -2.46. The molecule has 1 aliphatic rings. The molecule has 2 aromatic carbocycles. The van der Waals surface area contributed by atoms with E-state index < -0.39 is 0 Å². The minimum atomic E-state index is -0.0327. The Balaban J connectivity index is 0.000000596. The van der Waals surface area contributed by atoms with Gasteiger partial charge in [0.15, 0.2) is 0 Å². The van der Waals surface area contributed by atoms with Gasteiger partial charge in [0, 0.05) is 28.9 Å². The number of nitrogens with two attached hydrogens (primary N) is 2. The van der Waals surface area contributed by atoms with E-state index in [-0.39, 0.29) is 5.54 Å². The van der Waals surface area contributed by atoms with Crippen molar-refractivity contribution in [2.75, 3.05) is 4.90 Å². The first kappa shape index (κ1) is 20.8. The lowest BCUT2D eigenvalue weighted by Gasteiger charge is -2.40. The van der Waals surface area contributed by atoms with Gasteiger partial charge < -0.3 is 16.1 Å². The normalized spacial score (nSPS) is 16.5. The molecule has 0 atom stereocenters. The fraction of sp³-hybridized carbons (Fsp3) is 0.391. The lowest BCUT2D eigenvalue weighted by atomic mass is 9.93. The van der Waals surface area contributed by atoms with Gasteiger partial charge in [-0.15, -0.1) is 0 Å². The van der Waals surface area contributed by atoms with E-state index in [1.54, 1.807) is 0 Å². The Morgan fingerprint density at radius 2 is 1.44 bits per heavy atom. The molecule has 146 valence electrons. The Bertz CT molecular complexity index is 797. The number of benzene rings is 2. The van der Waals surface area contributed by atoms with Gasteiger partial charge in [0.1, 0.15) is 0 Å². The first-order valence-corrected chi connectivity index (χ1v) is 9.58. The van der Waals surface area contributed by atoms with E-state index in [1.165, 1.54) is 5.56 Å². The number of nitrogens with one attached hydrogen (secondary N) is 1. The summed E-state index contributed by atoms with van der Waals surface area (Å²) in [7, 11) is 0. The predicted molar refractivity (Wildman–Crippen MR) is 118 cm³/mol. The van der Waals surface area contributed by atoms with Crippen molar-refractivity contribution < 1.29 is 0 Å². The van der Waals surface area contributed by atoms with Crippen LogP contribution in [0.3, 0.4) is 0 Å². The highest BCUT2D eigenvalue weighted by atomic mass is 15.2.